The highest BCUT2D eigenvalue weighted by molar-refractivity contribution is 9.10. The summed E-state index contributed by atoms with van der Waals surface area (Å²) < 4.78 is 11.4. The number of hydrogen-bond donors (Lipinski definition) is 2. The lowest BCUT2D eigenvalue weighted by Crippen LogP contribution is -1.99. The minimum Gasteiger partial charge on any atom is -0.497 e. The summed E-state index contributed by atoms with van der Waals surface area (Å²) in [6.07, 6.45) is 0. The third kappa shape index (κ3) is 2.50. The van der Waals surface area contributed by atoms with Gasteiger partial charge in [-0.2, -0.15) is 4.98 Å². The summed E-state index contributed by atoms with van der Waals surface area (Å²) in [6.45, 7) is 0. The monoisotopic (exact) mass is 386 g/mol. The lowest BCUT2D eigenvalue weighted by molar-refractivity contribution is 0.414. The maximum absolute atomic E-state index is 11.6. The summed E-state index contributed by atoms with van der Waals surface area (Å²) in [5, 5.41) is 4.02. The Morgan fingerprint density at radius 1 is 1.21 bits per heavy atom. The number of benzene rings is 2. The summed E-state index contributed by atoms with van der Waals surface area (Å²) in [4.78, 5) is 21.5. The van der Waals surface area contributed by atoms with E-state index in [4.69, 9.17) is 9.26 Å². The molecule has 0 saturated carbocycles. The first kappa shape index (κ1) is 14.7. The van der Waals surface area contributed by atoms with Crippen LogP contribution in [-0.2, 0) is 0 Å². The second-order valence-corrected chi connectivity index (χ2v) is 6.03. The van der Waals surface area contributed by atoms with Gasteiger partial charge >= 0.3 is 5.69 Å². The second-order valence-electron chi connectivity index (χ2n) is 5.11. The molecular formula is C16H11BrN4O3. The molecule has 0 amide bonds. The predicted octanol–water partition coefficient (Wildman–Crippen LogP) is 3.34. The quantitative estimate of drug-likeness (QED) is 0.562. The SMILES string of the molecule is COc1cccc(-c2noc(-c3cc(Br)cc4[nH]c(=O)[nH]c34)n2)c1. The van der Waals surface area contributed by atoms with Crippen molar-refractivity contribution in [2.45, 2.75) is 0 Å². The Bertz CT molecular complexity index is 1100. The molecule has 4 rings (SSSR count). The second kappa shape index (κ2) is 5.64. The Labute approximate surface area is 143 Å². The van der Waals surface area contributed by atoms with Crippen molar-refractivity contribution in [3.05, 3.63) is 51.4 Å². The van der Waals surface area contributed by atoms with Crippen LogP contribution >= 0.6 is 15.9 Å². The average Bonchev–Trinajstić information content (AvgIpc) is 3.20. The zero-order valence-corrected chi connectivity index (χ0v) is 14.0. The van der Waals surface area contributed by atoms with E-state index < -0.39 is 0 Å². The Morgan fingerprint density at radius 2 is 2.08 bits per heavy atom. The summed E-state index contributed by atoms with van der Waals surface area (Å²) in [6, 6.07) is 11.0. The molecule has 0 radical (unpaired) electrons. The number of nitrogens with one attached hydrogen (secondary N) is 2. The molecule has 0 aliphatic rings. The molecule has 0 fully saturated rings. The number of nitrogens with zero attached hydrogens (tertiary/aromatic N) is 2. The van der Waals surface area contributed by atoms with Crippen molar-refractivity contribution < 1.29 is 9.26 Å². The van der Waals surface area contributed by atoms with Gasteiger partial charge in [-0.25, -0.2) is 4.79 Å². The fourth-order valence-electron chi connectivity index (χ4n) is 2.49. The Hall–Kier alpha value is -2.87. The van der Waals surface area contributed by atoms with Crippen LogP contribution in [0.2, 0.25) is 0 Å². The number of fused-ring (bicyclic) bond motifs is 1. The molecule has 8 heteroatoms. The first-order chi connectivity index (χ1) is 11.6. The lowest BCUT2D eigenvalue weighted by atomic mass is 10.2. The maximum atomic E-state index is 11.6. The van der Waals surface area contributed by atoms with E-state index in [-0.39, 0.29) is 5.69 Å². The first-order valence-corrected chi connectivity index (χ1v) is 7.83. The number of halogens is 1. The van der Waals surface area contributed by atoms with Crippen LogP contribution in [-0.4, -0.2) is 27.2 Å². The van der Waals surface area contributed by atoms with Crippen molar-refractivity contribution in [1.29, 1.82) is 0 Å². The number of aromatic nitrogens is 4. The van der Waals surface area contributed by atoms with Crippen molar-refractivity contribution >= 4 is 27.0 Å². The van der Waals surface area contributed by atoms with Gasteiger partial charge in [0.2, 0.25) is 5.82 Å². The van der Waals surface area contributed by atoms with E-state index in [1.165, 1.54) is 0 Å². The molecule has 0 atom stereocenters. The van der Waals surface area contributed by atoms with Crippen LogP contribution in [0.25, 0.3) is 33.9 Å². The topological polar surface area (TPSA) is 96.8 Å². The molecule has 2 aromatic heterocycles. The number of imidazole rings is 1. The molecule has 0 unspecified atom stereocenters. The molecule has 0 aliphatic carbocycles. The van der Waals surface area contributed by atoms with Gasteiger partial charge < -0.3 is 19.2 Å². The van der Waals surface area contributed by atoms with Crippen LogP contribution in [0.5, 0.6) is 5.75 Å². The molecule has 4 aromatic rings. The van der Waals surface area contributed by atoms with E-state index in [0.29, 0.717) is 34.1 Å². The Balaban J connectivity index is 1.84. The summed E-state index contributed by atoms with van der Waals surface area (Å²) >= 11 is 3.42. The molecule has 2 heterocycles. The minimum absolute atomic E-state index is 0.295. The molecule has 0 bridgehead atoms. The number of ether oxygens (including phenoxy) is 1. The van der Waals surface area contributed by atoms with Crippen molar-refractivity contribution in [2.75, 3.05) is 7.11 Å². The van der Waals surface area contributed by atoms with Crippen LogP contribution in [0.3, 0.4) is 0 Å². The molecular weight excluding hydrogens is 376 g/mol. The predicted molar refractivity (Wildman–Crippen MR) is 91.9 cm³/mol. The standard InChI is InChI=1S/C16H11BrN4O3/c1-23-10-4-2-3-8(5-10)14-20-15(24-21-14)11-6-9(17)7-12-13(11)19-16(22)18-12/h2-7H,1H3,(H2,18,19,22). The van der Waals surface area contributed by atoms with E-state index in [0.717, 1.165) is 10.0 Å². The highest BCUT2D eigenvalue weighted by Crippen LogP contribution is 2.30. The van der Waals surface area contributed by atoms with Gasteiger partial charge in [-0.05, 0) is 24.3 Å². The zero-order valence-electron chi connectivity index (χ0n) is 12.5. The molecule has 2 aromatic carbocycles. The number of rotatable bonds is 3. The van der Waals surface area contributed by atoms with E-state index in [1.807, 2.05) is 30.3 Å². The molecule has 0 spiro atoms. The number of hydrogen-bond acceptors (Lipinski definition) is 5. The van der Waals surface area contributed by atoms with Crippen molar-refractivity contribution in [1.82, 2.24) is 20.1 Å². The van der Waals surface area contributed by atoms with Gasteiger partial charge in [0.15, 0.2) is 0 Å². The number of methoxy groups -OCH3 is 1. The average molecular weight is 387 g/mol. The van der Waals surface area contributed by atoms with Gasteiger partial charge in [0.1, 0.15) is 5.75 Å². The largest absolute Gasteiger partial charge is 0.497 e. The molecule has 0 saturated heterocycles. The van der Waals surface area contributed by atoms with Gasteiger partial charge in [0.05, 0.1) is 23.7 Å². The van der Waals surface area contributed by atoms with E-state index in [9.17, 15) is 4.79 Å². The molecule has 7 nitrogen and oxygen atoms in total. The van der Waals surface area contributed by atoms with Crippen LogP contribution in [0.15, 0.2) is 50.2 Å². The molecule has 120 valence electrons. The lowest BCUT2D eigenvalue weighted by Gasteiger charge is -2.00. The van der Waals surface area contributed by atoms with Gasteiger partial charge in [0, 0.05) is 10.0 Å². The zero-order chi connectivity index (χ0) is 16.7. The highest BCUT2D eigenvalue weighted by Gasteiger charge is 2.16. The van der Waals surface area contributed by atoms with Gasteiger partial charge in [-0.15, -0.1) is 0 Å². The van der Waals surface area contributed by atoms with E-state index >= 15 is 0 Å². The van der Waals surface area contributed by atoms with E-state index in [1.54, 1.807) is 13.2 Å². The smallest absolute Gasteiger partial charge is 0.323 e. The fourth-order valence-corrected chi connectivity index (χ4v) is 2.95. The van der Waals surface area contributed by atoms with Crippen molar-refractivity contribution in [3.63, 3.8) is 0 Å². The summed E-state index contributed by atoms with van der Waals surface area (Å²) in [5.74, 6) is 1.46. The maximum Gasteiger partial charge on any atom is 0.323 e. The fraction of sp³-hybridized carbons (Fsp3) is 0.0625. The van der Waals surface area contributed by atoms with Crippen molar-refractivity contribution in [3.8, 4) is 28.6 Å². The number of H-pyrrole nitrogens is 2. The summed E-state index contributed by atoms with van der Waals surface area (Å²) in [7, 11) is 1.60. The van der Waals surface area contributed by atoms with Crippen molar-refractivity contribution in [2.24, 2.45) is 0 Å². The van der Waals surface area contributed by atoms with E-state index in [2.05, 4.69) is 36.0 Å². The third-order valence-electron chi connectivity index (χ3n) is 3.57. The normalized spacial score (nSPS) is 11.1. The number of aromatic amines is 2. The molecule has 2 N–H and O–H groups in total. The van der Waals surface area contributed by atoms with Crippen LogP contribution in [0.4, 0.5) is 0 Å². The Morgan fingerprint density at radius 3 is 2.92 bits per heavy atom. The summed E-state index contributed by atoms with van der Waals surface area (Å²) in [5.41, 5.74) is 2.39. The molecule has 0 aliphatic heterocycles. The van der Waals surface area contributed by atoms with Gasteiger partial charge in [-0.3, -0.25) is 0 Å². The third-order valence-corrected chi connectivity index (χ3v) is 4.03. The molecule has 24 heavy (non-hydrogen) atoms. The van der Waals surface area contributed by atoms with Crippen LogP contribution in [0, 0.1) is 0 Å². The van der Waals surface area contributed by atoms with Crippen LogP contribution in [0.1, 0.15) is 0 Å². The van der Waals surface area contributed by atoms with Gasteiger partial charge in [0.25, 0.3) is 5.89 Å². The highest BCUT2D eigenvalue weighted by atomic mass is 79.9. The van der Waals surface area contributed by atoms with Gasteiger partial charge in [-0.1, -0.05) is 33.2 Å². The minimum atomic E-state index is -0.295. The Kier molecular flexibility index (Phi) is 3.46. The van der Waals surface area contributed by atoms with Crippen LogP contribution < -0.4 is 10.4 Å². The first-order valence-electron chi connectivity index (χ1n) is 7.04.